The van der Waals surface area contributed by atoms with Crippen molar-refractivity contribution in [2.45, 2.75) is 31.7 Å². The lowest BCUT2D eigenvalue weighted by Crippen LogP contribution is -2.53. The van der Waals surface area contributed by atoms with Crippen LogP contribution in [0, 0.1) is 0 Å². The fourth-order valence-electron chi connectivity index (χ4n) is 3.40. The number of amides is 1. The van der Waals surface area contributed by atoms with E-state index in [1.54, 1.807) is 11.3 Å². The van der Waals surface area contributed by atoms with Gasteiger partial charge in [0.25, 0.3) is 0 Å². The van der Waals surface area contributed by atoms with Crippen LogP contribution in [-0.4, -0.2) is 22.3 Å². The van der Waals surface area contributed by atoms with Gasteiger partial charge in [-0.05, 0) is 24.1 Å². The van der Waals surface area contributed by atoms with E-state index in [1.807, 2.05) is 41.3 Å². The summed E-state index contributed by atoms with van der Waals surface area (Å²) in [4.78, 5) is 19.6. The Labute approximate surface area is 146 Å². The highest BCUT2D eigenvalue weighted by atomic mass is 32.1. The van der Waals surface area contributed by atoms with Gasteiger partial charge in [-0.25, -0.2) is 4.98 Å². The van der Waals surface area contributed by atoms with Crippen molar-refractivity contribution < 1.29 is 4.79 Å². The number of carbonyl (C=O) groups excluding carboxylic acids is 1. The van der Waals surface area contributed by atoms with E-state index in [2.05, 4.69) is 25.1 Å². The predicted molar refractivity (Wildman–Crippen MR) is 98.2 cm³/mol. The summed E-state index contributed by atoms with van der Waals surface area (Å²) in [5.74, 6) is 0.141. The molecule has 0 radical (unpaired) electrons. The van der Waals surface area contributed by atoms with Crippen LogP contribution in [0.2, 0.25) is 0 Å². The maximum absolute atomic E-state index is 12.8. The Bertz CT molecular complexity index is 825. The Kier molecular flexibility index (Phi) is 4.07. The van der Waals surface area contributed by atoms with Crippen LogP contribution in [0.25, 0.3) is 10.2 Å². The number of carbonyl (C=O) groups is 1. The molecule has 1 aliphatic heterocycles. The van der Waals surface area contributed by atoms with Crippen molar-refractivity contribution in [2.75, 3.05) is 6.54 Å². The fraction of sp³-hybridized carbons (Fsp3) is 0.300. The van der Waals surface area contributed by atoms with Crippen LogP contribution in [0.1, 0.15) is 42.3 Å². The minimum absolute atomic E-state index is 0.0730. The van der Waals surface area contributed by atoms with Crippen LogP contribution in [0.3, 0.4) is 0 Å². The summed E-state index contributed by atoms with van der Waals surface area (Å²) in [7, 11) is 0. The first kappa shape index (κ1) is 15.3. The molecule has 1 fully saturated rings. The van der Waals surface area contributed by atoms with Gasteiger partial charge >= 0.3 is 0 Å². The van der Waals surface area contributed by atoms with E-state index in [0.29, 0.717) is 0 Å². The first-order valence-electron chi connectivity index (χ1n) is 8.50. The van der Waals surface area contributed by atoms with Crippen molar-refractivity contribution in [3.05, 3.63) is 65.2 Å². The first-order chi connectivity index (χ1) is 11.8. The molecule has 2 unspecified atom stereocenters. The lowest BCUT2D eigenvalue weighted by atomic mass is 9.81. The summed E-state index contributed by atoms with van der Waals surface area (Å²) in [5.41, 5.74) is 2.12. The number of hydrogen-bond donors (Lipinski definition) is 0. The van der Waals surface area contributed by atoms with Gasteiger partial charge in [0.1, 0.15) is 5.01 Å². The van der Waals surface area contributed by atoms with Gasteiger partial charge in [-0.15, -0.1) is 11.3 Å². The van der Waals surface area contributed by atoms with Gasteiger partial charge in [-0.1, -0.05) is 55.8 Å². The van der Waals surface area contributed by atoms with Gasteiger partial charge < -0.3 is 4.90 Å². The van der Waals surface area contributed by atoms with Crippen molar-refractivity contribution in [1.29, 1.82) is 0 Å². The van der Waals surface area contributed by atoms with Gasteiger partial charge in [0, 0.05) is 6.54 Å². The van der Waals surface area contributed by atoms with E-state index >= 15 is 0 Å². The van der Waals surface area contributed by atoms with Crippen LogP contribution in [0.15, 0.2) is 54.6 Å². The number of benzene rings is 2. The molecular formula is C20H20N2OS. The zero-order chi connectivity index (χ0) is 16.5. The monoisotopic (exact) mass is 336 g/mol. The molecule has 3 nitrogen and oxygen atoms in total. The zero-order valence-electron chi connectivity index (χ0n) is 13.7. The standard InChI is InChI=1S/C20H20N2OS/c1-2-3-13-22-18(17(20(22)23)14-9-5-4-6-10-14)19-21-15-11-7-8-12-16(15)24-19/h4-12,17-18H,2-3,13H2,1H3. The van der Waals surface area contributed by atoms with E-state index in [-0.39, 0.29) is 17.9 Å². The van der Waals surface area contributed by atoms with Crippen molar-refractivity contribution in [3.8, 4) is 0 Å². The average molecular weight is 336 g/mol. The van der Waals surface area contributed by atoms with Gasteiger partial charge in [0.15, 0.2) is 0 Å². The van der Waals surface area contributed by atoms with Crippen molar-refractivity contribution in [2.24, 2.45) is 0 Å². The largest absolute Gasteiger partial charge is 0.331 e. The number of para-hydroxylation sites is 1. The molecule has 0 aliphatic carbocycles. The Morgan fingerprint density at radius 3 is 2.58 bits per heavy atom. The first-order valence-corrected chi connectivity index (χ1v) is 9.32. The molecule has 0 N–H and O–H groups in total. The van der Waals surface area contributed by atoms with E-state index in [4.69, 9.17) is 4.98 Å². The lowest BCUT2D eigenvalue weighted by Gasteiger charge is -2.46. The Morgan fingerprint density at radius 1 is 1.08 bits per heavy atom. The smallest absolute Gasteiger partial charge is 0.233 e. The van der Waals surface area contributed by atoms with Gasteiger partial charge in [-0.3, -0.25) is 4.79 Å². The number of aromatic nitrogens is 1. The Morgan fingerprint density at radius 2 is 1.83 bits per heavy atom. The van der Waals surface area contributed by atoms with Gasteiger partial charge in [-0.2, -0.15) is 0 Å². The van der Waals surface area contributed by atoms with Crippen molar-refractivity contribution in [3.63, 3.8) is 0 Å². The maximum Gasteiger partial charge on any atom is 0.233 e. The van der Waals surface area contributed by atoms with E-state index in [0.717, 1.165) is 35.5 Å². The molecule has 2 heterocycles. The molecule has 1 amide bonds. The second-order valence-corrected chi connectivity index (χ2v) is 7.30. The molecule has 1 saturated heterocycles. The number of likely N-dealkylation sites (tertiary alicyclic amines) is 1. The Hall–Kier alpha value is -2.20. The van der Waals surface area contributed by atoms with Crippen LogP contribution < -0.4 is 0 Å². The molecule has 122 valence electrons. The molecule has 4 heteroatoms. The zero-order valence-corrected chi connectivity index (χ0v) is 14.5. The molecule has 0 spiro atoms. The SMILES string of the molecule is CCCCN1C(=O)C(c2ccccc2)C1c1nc2ccccc2s1. The summed E-state index contributed by atoms with van der Waals surface area (Å²) in [6.45, 7) is 2.98. The van der Waals surface area contributed by atoms with Gasteiger partial charge in [0.05, 0.1) is 22.2 Å². The third-order valence-electron chi connectivity index (χ3n) is 4.68. The third kappa shape index (κ3) is 2.51. The van der Waals surface area contributed by atoms with E-state index in [1.165, 1.54) is 4.70 Å². The second-order valence-electron chi connectivity index (χ2n) is 6.24. The summed E-state index contributed by atoms with van der Waals surface area (Å²) in [5, 5.41) is 1.06. The summed E-state index contributed by atoms with van der Waals surface area (Å²) >= 11 is 1.71. The number of unbranched alkanes of at least 4 members (excludes halogenated alkanes) is 1. The highest BCUT2D eigenvalue weighted by molar-refractivity contribution is 7.18. The number of nitrogens with zero attached hydrogens (tertiary/aromatic N) is 2. The van der Waals surface area contributed by atoms with Crippen molar-refractivity contribution >= 4 is 27.5 Å². The van der Waals surface area contributed by atoms with Crippen LogP contribution in [0.4, 0.5) is 0 Å². The summed E-state index contributed by atoms with van der Waals surface area (Å²) in [6, 6.07) is 18.4. The lowest BCUT2D eigenvalue weighted by molar-refractivity contribution is -0.150. The summed E-state index contributed by atoms with van der Waals surface area (Å²) in [6.07, 6.45) is 2.13. The minimum atomic E-state index is -0.0939. The number of thiazole rings is 1. The average Bonchev–Trinajstić information content (AvgIpc) is 3.03. The van der Waals surface area contributed by atoms with E-state index in [9.17, 15) is 4.79 Å². The number of fused-ring (bicyclic) bond motifs is 1. The van der Waals surface area contributed by atoms with Crippen molar-refractivity contribution in [1.82, 2.24) is 9.88 Å². The molecule has 1 aliphatic rings. The molecule has 2 atom stereocenters. The number of hydrogen-bond acceptors (Lipinski definition) is 3. The highest BCUT2D eigenvalue weighted by Gasteiger charge is 2.49. The quantitative estimate of drug-likeness (QED) is 0.629. The molecular weight excluding hydrogens is 316 g/mol. The van der Waals surface area contributed by atoms with E-state index < -0.39 is 0 Å². The molecule has 24 heavy (non-hydrogen) atoms. The molecule has 0 bridgehead atoms. The van der Waals surface area contributed by atoms with Crippen LogP contribution in [-0.2, 0) is 4.79 Å². The number of β-lactam (4-membered cyclic amide) rings is 1. The molecule has 4 rings (SSSR count). The Balaban J connectivity index is 1.73. The molecule has 1 aromatic heterocycles. The third-order valence-corrected chi connectivity index (χ3v) is 5.78. The second kappa shape index (κ2) is 6.36. The van der Waals surface area contributed by atoms with Gasteiger partial charge in [0.2, 0.25) is 5.91 Å². The minimum Gasteiger partial charge on any atom is -0.331 e. The topological polar surface area (TPSA) is 33.2 Å². The number of rotatable bonds is 5. The predicted octanol–water partition coefficient (Wildman–Crippen LogP) is 4.76. The van der Waals surface area contributed by atoms with Crippen LogP contribution >= 0.6 is 11.3 Å². The molecule has 3 aromatic rings. The maximum atomic E-state index is 12.8. The van der Waals surface area contributed by atoms with Crippen LogP contribution in [0.5, 0.6) is 0 Å². The normalized spacial score (nSPS) is 20.4. The summed E-state index contributed by atoms with van der Waals surface area (Å²) < 4.78 is 1.19. The molecule has 0 saturated carbocycles. The highest BCUT2D eigenvalue weighted by Crippen LogP contribution is 2.48. The molecule has 2 aromatic carbocycles. The fourth-order valence-corrected chi connectivity index (χ4v) is 4.52.